The number of amides is 1. The summed E-state index contributed by atoms with van der Waals surface area (Å²) in [5, 5.41) is 3.44. The lowest BCUT2D eigenvalue weighted by Crippen LogP contribution is -2.39. The zero-order valence-electron chi connectivity index (χ0n) is 14.9. The zero-order chi connectivity index (χ0) is 18.4. The van der Waals surface area contributed by atoms with Crippen LogP contribution in [0.2, 0.25) is 5.02 Å². The van der Waals surface area contributed by atoms with Gasteiger partial charge in [0.1, 0.15) is 5.75 Å². The number of carbonyl (C=O) groups excluding carboxylic acids is 1. The Hall–Kier alpha value is -1.69. The maximum atomic E-state index is 12.6. The topological polar surface area (TPSA) is 41.6 Å². The van der Waals surface area contributed by atoms with Crippen LogP contribution in [-0.2, 0) is 11.3 Å². The average Bonchev–Trinajstić information content (AvgIpc) is 2.61. The Kier molecular flexibility index (Phi) is 7.17. The van der Waals surface area contributed by atoms with Crippen LogP contribution in [0.5, 0.6) is 5.75 Å². The number of rotatable bonds is 7. The molecule has 134 valence electrons. The molecule has 6 heteroatoms. The van der Waals surface area contributed by atoms with Gasteiger partial charge in [-0.05, 0) is 56.1 Å². The van der Waals surface area contributed by atoms with Crippen molar-refractivity contribution in [3.05, 3.63) is 53.1 Å². The molecule has 1 atom stereocenters. The number of anilines is 1. The van der Waals surface area contributed by atoms with E-state index in [9.17, 15) is 4.79 Å². The predicted molar refractivity (Wildman–Crippen MR) is 106 cm³/mol. The second kappa shape index (κ2) is 9.13. The van der Waals surface area contributed by atoms with E-state index in [0.29, 0.717) is 23.0 Å². The van der Waals surface area contributed by atoms with Gasteiger partial charge in [0.05, 0.1) is 18.8 Å². The van der Waals surface area contributed by atoms with E-state index in [1.54, 1.807) is 37.1 Å². The molecule has 0 aliphatic rings. The van der Waals surface area contributed by atoms with Crippen LogP contribution in [0.3, 0.4) is 0 Å². The maximum absolute atomic E-state index is 12.6. The molecule has 0 saturated carbocycles. The molecule has 0 spiro atoms. The summed E-state index contributed by atoms with van der Waals surface area (Å²) in [5.74, 6) is 0.476. The number of halogens is 1. The van der Waals surface area contributed by atoms with Gasteiger partial charge < -0.3 is 10.1 Å². The molecule has 0 aliphatic carbocycles. The van der Waals surface area contributed by atoms with Gasteiger partial charge in [0.15, 0.2) is 0 Å². The van der Waals surface area contributed by atoms with Crippen molar-refractivity contribution in [2.24, 2.45) is 0 Å². The first-order valence-electron chi connectivity index (χ1n) is 7.92. The molecule has 2 aromatic carbocycles. The summed E-state index contributed by atoms with van der Waals surface area (Å²) in [5.41, 5.74) is 1.74. The third-order valence-electron chi connectivity index (χ3n) is 4.05. The van der Waals surface area contributed by atoms with Crippen LogP contribution in [0.25, 0.3) is 0 Å². The minimum atomic E-state index is -0.302. The Morgan fingerprint density at radius 2 is 1.96 bits per heavy atom. The van der Waals surface area contributed by atoms with Crippen molar-refractivity contribution in [2.75, 3.05) is 25.7 Å². The van der Waals surface area contributed by atoms with Gasteiger partial charge in [-0.25, -0.2) is 0 Å². The lowest BCUT2D eigenvalue weighted by Gasteiger charge is -2.24. The molecule has 0 aliphatic heterocycles. The number of thioether (sulfide) groups is 1. The number of likely N-dealkylation sites (N-methyl/N-ethyl adjacent to an activating group) is 1. The van der Waals surface area contributed by atoms with Gasteiger partial charge >= 0.3 is 0 Å². The minimum Gasteiger partial charge on any atom is -0.495 e. The highest BCUT2D eigenvalue weighted by molar-refractivity contribution is 7.98. The second-order valence-electron chi connectivity index (χ2n) is 5.77. The van der Waals surface area contributed by atoms with Gasteiger partial charge in [-0.1, -0.05) is 23.7 Å². The standard InChI is InChI=1S/C19H23ClN2O2S/c1-13(22(2)12-14-5-8-16(25-4)9-6-14)19(23)21-17-11-15(20)7-10-18(17)24-3/h5-11,13H,12H2,1-4H3,(H,21,23)/t13-/m1/s1. The fourth-order valence-electron chi connectivity index (χ4n) is 2.37. The Morgan fingerprint density at radius 1 is 1.28 bits per heavy atom. The van der Waals surface area contributed by atoms with Gasteiger partial charge in [-0.2, -0.15) is 0 Å². The molecule has 0 bridgehead atoms. The molecule has 1 amide bonds. The van der Waals surface area contributed by atoms with Gasteiger partial charge in [0.2, 0.25) is 5.91 Å². The molecule has 1 N–H and O–H groups in total. The highest BCUT2D eigenvalue weighted by Crippen LogP contribution is 2.28. The number of carbonyl (C=O) groups is 1. The zero-order valence-corrected chi connectivity index (χ0v) is 16.4. The summed E-state index contributed by atoms with van der Waals surface area (Å²) >= 11 is 7.73. The molecule has 0 aromatic heterocycles. The fourth-order valence-corrected chi connectivity index (χ4v) is 2.95. The van der Waals surface area contributed by atoms with E-state index in [1.165, 1.54) is 10.5 Å². The van der Waals surface area contributed by atoms with E-state index < -0.39 is 0 Å². The molecular weight excluding hydrogens is 356 g/mol. The number of ether oxygens (including phenoxy) is 1. The van der Waals surface area contributed by atoms with Crippen LogP contribution in [0.1, 0.15) is 12.5 Å². The van der Waals surface area contributed by atoms with Crippen LogP contribution in [0.15, 0.2) is 47.4 Å². The van der Waals surface area contributed by atoms with Crippen molar-refractivity contribution < 1.29 is 9.53 Å². The third kappa shape index (κ3) is 5.39. The third-order valence-corrected chi connectivity index (χ3v) is 5.03. The van der Waals surface area contributed by atoms with E-state index >= 15 is 0 Å². The van der Waals surface area contributed by atoms with Crippen LogP contribution in [-0.4, -0.2) is 37.3 Å². The summed E-state index contributed by atoms with van der Waals surface area (Å²) < 4.78 is 5.27. The summed E-state index contributed by atoms with van der Waals surface area (Å²) in [6, 6.07) is 13.2. The number of hydrogen-bond donors (Lipinski definition) is 1. The first kappa shape index (κ1) is 19.6. The van der Waals surface area contributed by atoms with Crippen molar-refractivity contribution in [3.63, 3.8) is 0 Å². The Morgan fingerprint density at radius 3 is 2.56 bits per heavy atom. The number of benzene rings is 2. The maximum Gasteiger partial charge on any atom is 0.241 e. The lowest BCUT2D eigenvalue weighted by molar-refractivity contribution is -0.120. The molecule has 0 fully saturated rings. The van der Waals surface area contributed by atoms with Gasteiger partial charge in [-0.15, -0.1) is 11.8 Å². The van der Waals surface area contributed by atoms with Gasteiger partial charge in [-0.3, -0.25) is 9.69 Å². The molecule has 0 radical (unpaired) electrons. The SMILES string of the molecule is COc1ccc(Cl)cc1NC(=O)[C@@H](C)N(C)Cc1ccc(SC)cc1. The molecule has 25 heavy (non-hydrogen) atoms. The summed E-state index contributed by atoms with van der Waals surface area (Å²) in [6.45, 7) is 2.57. The monoisotopic (exact) mass is 378 g/mol. The average molecular weight is 379 g/mol. The first-order chi connectivity index (χ1) is 11.9. The van der Waals surface area contributed by atoms with Crippen LogP contribution in [0.4, 0.5) is 5.69 Å². The highest BCUT2D eigenvalue weighted by Gasteiger charge is 2.19. The highest BCUT2D eigenvalue weighted by atomic mass is 35.5. The molecule has 2 rings (SSSR count). The quantitative estimate of drug-likeness (QED) is 0.719. The normalized spacial score (nSPS) is 12.1. The molecule has 0 saturated heterocycles. The number of nitrogens with one attached hydrogen (secondary N) is 1. The van der Waals surface area contributed by atoms with Crippen LogP contribution < -0.4 is 10.1 Å². The molecule has 0 heterocycles. The Labute approximate surface area is 158 Å². The predicted octanol–water partition coefficient (Wildman–Crippen LogP) is 4.53. The Balaban J connectivity index is 2.02. The number of hydrogen-bond acceptors (Lipinski definition) is 4. The number of methoxy groups -OCH3 is 1. The van der Waals surface area contributed by atoms with Crippen LogP contribution >= 0.6 is 23.4 Å². The van der Waals surface area contributed by atoms with Crippen molar-refractivity contribution in [3.8, 4) is 5.75 Å². The van der Waals surface area contributed by atoms with Crippen LogP contribution in [0, 0.1) is 0 Å². The largest absolute Gasteiger partial charge is 0.495 e. The molecular formula is C19H23ClN2O2S. The smallest absolute Gasteiger partial charge is 0.241 e. The van der Waals surface area contributed by atoms with E-state index in [2.05, 4.69) is 35.8 Å². The fraction of sp³-hybridized carbons (Fsp3) is 0.316. The first-order valence-corrected chi connectivity index (χ1v) is 9.52. The van der Waals surface area contributed by atoms with E-state index in [1.807, 2.05) is 18.9 Å². The van der Waals surface area contributed by atoms with E-state index in [-0.39, 0.29) is 11.9 Å². The minimum absolute atomic E-state index is 0.108. The van der Waals surface area contributed by atoms with E-state index in [4.69, 9.17) is 16.3 Å². The summed E-state index contributed by atoms with van der Waals surface area (Å²) in [6.07, 6.45) is 2.05. The van der Waals surface area contributed by atoms with Gasteiger partial charge in [0, 0.05) is 16.5 Å². The molecule has 0 unspecified atom stereocenters. The van der Waals surface area contributed by atoms with Gasteiger partial charge in [0.25, 0.3) is 0 Å². The van der Waals surface area contributed by atoms with Crippen molar-refractivity contribution in [1.29, 1.82) is 0 Å². The molecule has 2 aromatic rings. The van der Waals surface area contributed by atoms with E-state index in [0.717, 1.165) is 0 Å². The summed E-state index contributed by atoms with van der Waals surface area (Å²) in [4.78, 5) is 15.8. The second-order valence-corrected chi connectivity index (χ2v) is 7.09. The van der Waals surface area contributed by atoms with Crippen molar-refractivity contribution >= 4 is 35.0 Å². The molecule has 4 nitrogen and oxygen atoms in total. The van der Waals surface area contributed by atoms with Crippen molar-refractivity contribution in [2.45, 2.75) is 24.4 Å². The summed E-state index contributed by atoms with van der Waals surface area (Å²) in [7, 11) is 3.49. The van der Waals surface area contributed by atoms with Crippen molar-refractivity contribution in [1.82, 2.24) is 4.90 Å². The Bertz CT molecular complexity index is 722. The lowest BCUT2D eigenvalue weighted by atomic mass is 10.2. The number of nitrogens with zero attached hydrogens (tertiary/aromatic N) is 1.